The number of carbonyl (C=O) groups is 1. The van der Waals surface area contributed by atoms with Crippen LogP contribution in [0.1, 0.15) is 94.8 Å². The highest BCUT2D eigenvalue weighted by molar-refractivity contribution is 6.08. The van der Waals surface area contributed by atoms with Crippen molar-refractivity contribution in [2.24, 2.45) is 0 Å². The van der Waals surface area contributed by atoms with Gasteiger partial charge in [-0.3, -0.25) is 10.2 Å². The maximum atomic E-state index is 15.8. The van der Waals surface area contributed by atoms with E-state index in [0.717, 1.165) is 49.4 Å². The summed E-state index contributed by atoms with van der Waals surface area (Å²) in [6.07, 6.45) is 2.45. The molecule has 2 aliphatic rings. The number of Topliss-reactive ketones (excluding diaryl/α,β-unsaturated/α-hetero) is 1. The fourth-order valence-corrected chi connectivity index (χ4v) is 5.87. The Morgan fingerprint density at radius 2 is 1.75 bits per heavy atom. The van der Waals surface area contributed by atoms with Gasteiger partial charge in [-0.25, -0.2) is 4.39 Å². The van der Waals surface area contributed by atoms with E-state index in [1.54, 1.807) is 18.9 Å². The number of halogens is 1. The molecule has 0 saturated heterocycles. The van der Waals surface area contributed by atoms with E-state index in [-0.39, 0.29) is 41.5 Å². The molecular weight excluding hydrogens is 509 g/mol. The van der Waals surface area contributed by atoms with Crippen molar-refractivity contribution in [2.75, 3.05) is 44.9 Å². The minimum atomic E-state index is -0.589. The van der Waals surface area contributed by atoms with E-state index in [0.29, 0.717) is 23.5 Å². The third-order valence-corrected chi connectivity index (χ3v) is 7.95. The second kappa shape index (κ2) is 11.3. The van der Waals surface area contributed by atoms with Gasteiger partial charge in [-0.2, -0.15) is 0 Å². The Morgan fingerprint density at radius 3 is 2.27 bits per heavy atom. The second-order valence-electron chi connectivity index (χ2n) is 11.6. The highest BCUT2D eigenvalue weighted by Gasteiger charge is 2.58. The minimum Gasteiger partial charge on any atom is -0.494 e. The lowest BCUT2D eigenvalue weighted by Gasteiger charge is -2.31. The van der Waals surface area contributed by atoms with Gasteiger partial charge < -0.3 is 24.0 Å². The van der Waals surface area contributed by atoms with Crippen molar-refractivity contribution in [1.82, 2.24) is 4.90 Å². The van der Waals surface area contributed by atoms with Gasteiger partial charge in [-0.15, -0.1) is 0 Å². The molecule has 0 bridgehead atoms. The number of hydrogen-bond acceptors (Lipinski definition) is 6. The third-order valence-electron chi connectivity index (χ3n) is 7.95. The van der Waals surface area contributed by atoms with Crippen LogP contribution in [0.3, 0.4) is 0 Å². The van der Waals surface area contributed by atoms with Gasteiger partial charge in [0.05, 0.1) is 43.7 Å². The van der Waals surface area contributed by atoms with Crippen molar-refractivity contribution < 1.29 is 23.4 Å². The number of anilines is 1. The largest absolute Gasteiger partial charge is 0.494 e. The monoisotopic (exact) mass is 553 g/mol. The first-order valence-corrected chi connectivity index (χ1v) is 14.5. The Hall–Kier alpha value is -3.29. The molecule has 0 atom stereocenters. The molecule has 4 rings (SSSR count). The van der Waals surface area contributed by atoms with Gasteiger partial charge in [-0.05, 0) is 69.2 Å². The van der Waals surface area contributed by atoms with E-state index in [9.17, 15) is 4.79 Å². The van der Waals surface area contributed by atoms with Crippen molar-refractivity contribution in [3.63, 3.8) is 0 Å². The molecule has 7 nitrogen and oxygen atoms in total. The SMILES string of the molecule is CCCN(CC)c1cc(C(=O)CN2C(=N)c3c(cc(OCC)c(OCC)c3F)C23CC3)cc(C(C)(C)C)c1OC. The van der Waals surface area contributed by atoms with E-state index in [1.807, 2.05) is 25.1 Å². The summed E-state index contributed by atoms with van der Waals surface area (Å²) in [6.45, 7) is 16.4. The van der Waals surface area contributed by atoms with Crippen LogP contribution in [0.4, 0.5) is 10.1 Å². The molecule has 1 fully saturated rings. The van der Waals surface area contributed by atoms with Crippen LogP contribution in [0.5, 0.6) is 17.2 Å². The van der Waals surface area contributed by atoms with Crippen LogP contribution in [0.25, 0.3) is 0 Å². The molecule has 2 aromatic carbocycles. The van der Waals surface area contributed by atoms with Crippen LogP contribution in [0.2, 0.25) is 0 Å². The van der Waals surface area contributed by atoms with E-state index >= 15 is 4.39 Å². The molecule has 0 unspecified atom stereocenters. The normalized spacial score (nSPS) is 15.3. The first kappa shape index (κ1) is 29.7. The molecule has 0 radical (unpaired) electrons. The minimum absolute atomic E-state index is 0.0177. The highest BCUT2D eigenvalue weighted by atomic mass is 19.1. The number of amidine groups is 1. The summed E-state index contributed by atoms with van der Waals surface area (Å²) >= 11 is 0. The van der Waals surface area contributed by atoms with Crippen LogP contribution in [0.15, 0.2) is 18.2 Å². The van der Waals surface area contributed by atoms with Crippen molar-refractivity contribution in [2.45, 2.75) is 78.7 Å². The number of benzene rings is 2. The Morgan fingerprint density at radius 1 is 1.07 bits per heavy atom. The summed E-state index contributed by atoms with van der Waals surface area (Å²) in [5.41, 5.74) is 2.52. The summed E-state index contributed by atoms with van der Waals surface area (Å²) in [6, 6.07) is 5.66. The zero-order chi connectivity index (χ0) is 29.4. The molecule has 2 aromatic rings. The molecule has 1 heterocycles. The zero-order valence-corrected chi connectivity index (χ0v) is 25.3. The van der Waals surface area contributed by atoms with Gasteiger partial charge in [0.15, 0.2) is 23.1 Å². The molecular formula is C32H44FN3O4. The maximum absolute atomic E-state index is 15.8. The molecule has 1 saturated carbocycles. The average Bonchev–Trinajstić information content (AvgIpc) is 3.68. The number of nitrogens with one attached hydrogen (secondary N) is 1. The number of ether oxygens (including phenoxy) is 3. The molecule has 1 N–H and O–H groups in total. The Kier molecular flexibility index (Phi) is 8.38. The highest BCUT2D eigenvalue weighted by Crippen LogP contribution is 2.59. The number of methoxy groups -OCH3 is 1. The summed E-state index contributed by atoms with van der Waals surface area (Å²) in [7, 11) is 1.68. The maximum Gasteiger partial charge on any atom is 0.197 e. The molecule has 218 valence electrons. The predicted molar refractivity (Wildman–Crippen MR) is 157 cm³/mol. The number of fused-ring (bicyclic) bond motifs is 2. The quantitative estimate of drug-likeness (QED) is 0.296. The van der Waals surface area contributed by atoms with Crippen molar-refractivity contribution >= 4 is 17.3 Å². The third kappa shape index (κ3) is 5.01. The lowest BCUT2D eigenvalue weighted by atomic mass is 9.84. The van der Waals surface area contributed by atoms with Gasteiger partial charge in [0.2, 0.25) is 0 Å². The topological polar surface area (TPSA) is 75.1 Å². The van der Waals surface area contributed by atoms with E-state index < -0.39 is 11.4 Å². The molecule has 0 aromatic heterocycles. The smallest absolute Gasteiger partial charge is 0.197 e. The molecule has 1 spiro atoms. The lowest BCUT2D eigenvalue weighted by molar-refractivity contribution is 0.0943. The standard InChI is InChI=1S/C32H44FN3O4/c1-9-15-35(10-2)23-17-20(16-22(28(23)38-8)31(5,6)7)24(37)19-36-30(34)26-21(32(36)13-14-32)18-25(39-11-3)29(27(26)33)40-12-4/h16-18,34H,9-15,19H2,1-8H3. The van der Waals surface area contributed by atoms with Gasteiger partial charge in [0.25, 0.3) is 0 Å². The predicted octanol–water partition coefficient (Wildman–Crippen LogP) is 6.68. The van der Waals surface area contributed by atoms with Crippen LogP contribution in [-0.2, 0) is 11.0 Å². The second-order valence-corrected chi connectivity index (χ2v) is 11.6. The lowest BCUT2D eigenvalue weighted by Crippen LogP contribution is -2.38. The zero-order valence-electron chi connectivity index (χ0n) is 25.3. The first-order chi connectivity index (χ1) is 19.0. The van der Waals surface area contributed by atoms with Crippen LogP contribution in [0, 0.1) is 11.2 Å². The summed E-state index contributed by atoms with van der Waals surface area (Å²) in [4.78, 5) is 18.0. The van der Waals surface area contributed by atoms with E-state index in [2.05, 4.69) is 39.5 Å². The van der Waals surface area contributed by atoms with Gasteiger partial charge in [-0.1, -0.05) is 27.7 Å². The molecule has 1 aliphatic carbocycles. The van der Waals surface area contributed by atoms with Crippen molar-refractivity contribution in [1.29, 1.82) is 5.41 Å². The van der Waals surface area contributed by atoms with Crippen LogP contribution in [-0.4, -0.2) is 56.5 Å². The molecule has 8 heteroatoms. The Labute approximate surface area is 238 Å². The number of ketones is 1. The Balaban J connectivity index is 1.76. The number of nitrogens with zero attached hydrogens (tertiary/aromatic N) is 2. The summed E-state index contributed by atoms with van der Waals surface area (Å²) in [5, 5.41) is 8.99. The molecule has 0 amide bonds. The van der Waals surface area contributed by atoms with Gasteiger partial charge >= 0.3 is 0 Å². The fraction of sp³-hybridized carbons (Fsp3) is 0.562. The average molecular weight is 554 g/mol. The van der Waals surface area contributed by atoms with Crippen molar-refractivity contribution in [3.8, 4) is 17.2 Å². The van der Waals surface area contributed by atoms with E-state index in [1.165, 1.54) is 0 Å². The summed E-state index contributed by atoms with van der Waals surface area (Å²) < 4.78 is 33.1. The number of carbonyl (C=O) groups excluding carboxylic acids is 1. The van der Waals surface area contributed by atoms with Crippen LogP contribution >= 0.6 is 0 Å². The molecule has 1 aliphatic heterocycles. The number of hydrogen-bond donors (Lipinski definition) is 1. The fourth-order valence-electron chi connectivity index (χ4n) is 5.87. The molecule has 40 heavy (non-hydrogen) atoms. The Bertz CT molecular complexity index is 1300. The van der Waals surface area contributed by atoms with Crippen molar-refractivity contribution in [3.05, 3.63) is 46.3 Å². The van der Waals surface area contributed by atoms with E-state index in [4.69, 9.17) is 19.6 Å². The first-order valence-electron chi connectivity index (χ1n) is 14.5. The van der Waals surface area contributed by atoms with Gasteiger partial charge in [0.1, 0.15) is 11.6 Å². The summed E-state index contributed by atoms with van der Waals surface area (Å²) in [5.74, 6) is 0.483. The van der Waals surface area contributed by atoms with Gasteiger partial charge in [0, 0.05) is 24.2 Å². The van der Waals surface area contributed by atoms with Crippen LogP contribution < -0.4 is 19.1 Å². The number of rotatable bonds is 12.